The minimum absolute atomic E-state index is 0.0108. The summed E-state index contributed by atoms with van der Waals surface area (Å²) < 4.78 is 4.65. The minimum Gasteiger partial charge on any atom is -0.480 e. The smallest absolute Gasteiger partial charge is 0.330 e. The van der Waals surface area contributed by atoms with E-state index in [1.165, 1.54) is 0 Å². The molecule has 0 bridgehead atoms. The summed E-state index contributed by atoms with van der Waals surface area (Å²) in [6.07, 6.45) is 0. The largest absolute Gasteiger partial charge is 0.480 e. The molecule has 0 aliphatic heterocycles. The van der Waals surface area contributed by atoms with Crippen LogP contribution in [0.1, 0.15) is 11.9 Å². The van der Waals surface area contributed by atoms with Crippen LogP contribution in [0.25, 0.3) is 0 Å². The summed E-state index contributed by atoms with van der Waals surface area (Å²) in [4.78, 5) is 10.2. The molecule has 0 spiro atoms. The fourth-order valence-corrected chi connectivity index (χ4v) is 0.611. The lowest BCUT2D eigenvalue weighted by Crippen LogP contribution is -2.20. The molecule has 1 unspecified atom stereocenters. The van der Waals surface area contributed by atoms with Crippen LogP contribution in [0.2, 0.25) is 0 Å². The third kappa shape index (κ3) is 1.63. The summed E-state index contributed by atoms with van der Waals surface area (Å²) in [7, 11) is 0. The van der Waals surface area contributed by atoms with E-state index >= 15 is 0 Å². The zero-order valence-corrected chi connectivity index (χ0v) is 6.09. The lowest BCUT2D eigenvalue weighted by atomic mass is 10.3. The monoisotopic (exact) mass is 175 g/mol. The number of hydrogen-bond donors (Lipinski definition) is 3. The fraction of sp³-hybridized carbons (Fsp3) is 0.250. The summed E-state index contributed by atoms with van der Waals surface area (Å²) in [5, 5.41) is 14.1. The molecule has 11 heavy (non-hydrogen) atoms. The fourth-order valence-electron chi connectivity index (χ4n) is 0.480. The topological polar surface area (TPSA) is 105 Å². The number of carboxylic acids is 1. The van der Waals surface area contributed by atoms with Gasteiger partial charge in [-0.3, -0.25) is 0 Å². The van der Waals surface area contributed by atoms with Gasteiger partial charge in [-0.1, -0.05) is 0 Å². The Labute approximate surface area is 66.0 Å². The van der Waals surface area contributed by atoms with E-state index in [-0.39, 0.29) is 10.7 Å². The highest BCUT2D eigenvalue weighted by molar-refractivity contribution is 7.71. The van der Waals surface area contributed by atoms with Crippen LogP contribution in [0, 0.1) is 4.84 Å². The average Bonchev–Trinajstić information content (AvgIpc) is 2.34. The van der Waals surface area contributed by atoms with Crippen molar-refractivity contribution in [3.63, 3.8) is 0 Å². The summed E-state index contributed by atoms with van der Waals surface area (Å²) in [5.74, 6) is -1.34. The first-order valence-electron chi connectivity index (χ1n) is 2.65. The highest BCUT2D eigenvalue weighted by atomic mass is 32.1. The van der Waals surface area contributed by atoms with Gasteiger partial charge in [0.15, 0.2) is 6.04 Å². The Morgan fingerprint density at radius 2 is 2.55 bits per heavy atom. The first-order valence-corrected chi connectivity index (χ1v) is 3.06. The van der Waals surface area contributed by atoms with E-state index in [0.717, 1.165) is 0 Å². The lowest BCUT2D eigenvalue weighted by molar-refractivity contribution is -0.139. The van der Waals surface area contributed by atoms with Crippen molar-refractivity contribution < 1.29 is 14.3 Å². The Morgan fingerprint density at radius 1 is 1.91 bits per heavy atom. The molecule has 4 N–H and O–H groups in total. The molecule has 1 aromatic heterocycles. The molecule has 0 aliphatic rings. The number of nitrogens with one attached hydrogen (secondary N) is 1. The van der Waals surface area contributed by atoms with Crippen LogP contribution in [0.4, 0.5) is 0 Å². The number of H-pyrrole nitrogens is 1. The van der Waals surface area contributed by atoms with Crippen LogP contribution in [-0.2, 0) is 4.79 Å². The van der Waals surface area contributed by atoms with Gasteiger partial charge in [-0.2, -0.15) is 0 Å². The van der Waals surface area contributed by atoms with Gasteiger partial charge in [0, 0.05) is 0 Å². The Balaban J connectivity index is 2.93. The SMILES string of the molecule is NC(C(=O)O)c1n[nH]c(=S)o1. The first kappa shape index (κ1) is 7.89. The van der Waals surface area contributed by atoms with Crippen LogP contribution in [-0.4, -0.2) is 21.3 Å². The van der Waals surface area contributed by atoms with Crippen LogP contribution >= 0.6 is 12.2 Å². The number of hydrogen-bond acceptors (Lipinski definition) is 5. The second kappa shape index (κ2) is 2.81. The van der Waals surface area contributed by atoms with Crippen molar-refractivity contribution in [3.05, 3.63) is 10.7 Å². The average molecular weight is 175 g/mol. The zero-order chi connectivity index (χ0) is 8.43. The van der Waals surface area contributed by atoms with Gasteiger partial charge in [-0.05, 0) is 12.2 Å². The third-order valence-electron chi connectivity index (χ3n) is 0.987. The number of aromatic nitrogens is 2. The number of nitrogens with two attached hydrogens (primary N) is 1. The Kier molecular flexibility index (Phi) is 2.01. The zero-order valence-electron chi connectivity index (χ0n) is 5.27. The van der Waals surface area contributed by atoms with Crippen molar-refractivity contribution in [3.8, 4) is 0 Å². The van der Waals surface area contributed by atoms with Crippen LogP contribution in [0.5, 0.6) is 0 Å². The van der Waals surface area contributed by atoms with E-state index in [0.29, 0.717) is 0 Å². The van der Waals surface area contributed by atoms with Crippen molar-refractivity contribution >= 4 is 18.2 Å². The Hall–Kier alpha value is -1.21. The molecule has 6 nitrogen and oxygen atoms in total. The maximum atomic E-state index is 10.2. The van der Waals surface area contributed by atoms with Gasteiger partial charge in [-0.15, -0.1) is 5.10 Å². The quantitative estimate of drug-likeness (QED) is 0.538. The van der Waals surface area contributed by atoms with Crippen molar-refractivity contribution in [2.45, 2.75) is 6.04 Å². The molecular formula is C4H5N3O3S. The molecule has 0 radical (unpaired) electrons. The van der Waals surface area contributed by atoms with Crippen molar-refractivity contribution in [1.82, 2.24) is 10.2 Å². The molecule has 0 aromatic carbocycles. The normalized spacial score (nSPS) is 12.8. The summed E-state index contributed by atoms with van der Waals surface area (Å²) in [6, 6.07) is -1.26. The minimum atomic E-state index is -1.26. The second-order valence-electron chi connectivity index (χ2n) is 1.77. The van der Waals surface area contributed by atoms with Crippen LogP contribution < -0.4 is 5.73 Å². The highest BCUT2D eigenvalue weighted by Gasteiger charge is 2.19. The van der Waals surface area contributed by atoms with Gasteiger partial charge in [0.25, 0.3) is 4.84 Å². The number of aromatic amines is 1. The predicted molar refractivity (Wildman–Crippen MR) is 36.3 cm³/mol. The van der Waals surface area contributed by atoms with E-state index in [4.69, 9.17) is 10.8 Å². The predicted octanol–water partition coefficient (Wildman–Crippen LogP) is -0.183. The van der Waals surface area contributed by atoms with E-state index in [1.54, 1.807) is 0 Å². The lowest BCUT2D eigenvalue weighted by Gasteiger charge is -1.96. The second-order valence-corrected chi connectivity index (χ2v) is 2.14. The molecule has 0 aliphatic carbocycles. The number of carbonyl (C=O) groups is 1. The van der Waals surface area contributed by atoms with Crippen molar-refractivity contribution in [2.24, 2.45) is 5.73 Å². The van der Waals surface area contributed by atoms with Gasteiger partial charge in [0.2, 0.25) is 5.89 Å². The summed E-state index contributed by atoms with van der Waals surface area (Å²) in [6.45, 7) is 0. The van der Waals surface area contributed by atoms with Gasteiger partial charge >= 0.3 is 5.97 Å². The van der Waals surface area contributed by atoms with Crippen LogP contribution in [0.15, 0.2) is 4.42 Å². The van der Waals surface area contributed by atoms with Gasteiger partial charge in [0.05, 0.1) is 0 Å². The molecular weight excluding hydrogens is 170 g/mol. The molecule has 1 rings (SSSR count). The molecule has 0 saturated heterocycles. The maximum Gasteiger partial charge on any atom is 0.330 e. The molecule has 1 atom stereocenters. The molecule has 0 fully saturated rings. The number of nitrogens with zero attached hydrogens (tertiary/aromatic N) is 1. The summed E-state index contributed by atoms with van der Waals surface area (Å²) >= 11 is 4.51. The molecule has 7 heteroatoms. The number of carboxylic acid groups (broad SMARTS) is 1. The molecule has 0 amide bonds. The van der Waals surface area contributed by atoms with E-state index in [1.807, 2.05) is 0 Å². The standard InChI is InChI=1S/C4H5N3O3S/c5-1(3(8)9)2-6-7-4(11)10-2/h1H,5H2,(H,7,11)(H,8,9). The van der Waals surface area contributed by atoms with E-state index < -0.39 is 12.0 Å². The maximum absolute atomic E-state index is 10.2. The molecule has 60 valence electrons. The third-order valence-corrected chi connectivity index (χ3v) is 1.16. The summed E-state index contributed by atoms with van der Waals surface area (Å²) in [5.41, 5.74) is 5.13. The molecule has 1 heterocycles. The van der Waals surface area contributed by atoms with Crippen LogP contribution in [0.3, 0.4) is 0 Å². The van der Waals surface area contributed by atoms with Gasteiger partial charge in [-0.25, -0.2) is 9.89 Å². The Bertz CT molecular complexity index is 316. The van der Waals surface area contributed by atoms with Gasteiger partial charge < -0.3 is 15.3 Å². The number of aliphatic carboxylic acids is 1. The number of rotatable bonds is 2. The molecule has 1 aromatic rings. The van der Waals surface area contributed by atoms with Crippen molar-refractivity contribution in [2.75, 3.05) is 0 Å². The molecule has 0 saturated carbocycles. The Morgan fingerprint density at radius 3 is 2.91 bits per heavy atom. The van der Waals surface area contributed by atoms with Gasteiger partial charge in [0.1, 0.15) is 0 Å². The highest BCUT2D eigenvalue weighted by Crippen LogP contribution is 2.05. The first-order chi connectivity index (χ1) is 5.11. The van der Waals surface area contributed by atoms with E-state index in [2.05, 4.69) is 26.8 Å². The van der Waals surface area contributed by atoms with E-state index in [9.17, 15) is 4.79 Å². The van der Waals surface area contributed by atoms with Crippen molar-refractivity contribution in [1.29, 1.82) is 0 Å².